The molecule has 0 aromatic carbocycles. The molecular formula is C14H28N4O2. The third-order valence-electron chi connectivity index (χ3n) is 4.42. The summed E-state index contributed by atoms with van der Waals surface area (Å²) in [5.74, 6) is 0. The minimum Gasteiger partial charge on any atom is -0.357 e. The lowest BCUT2D eigenvalue weighted by atomic mass is 10.2. The van der Waals surface area contributed by atoms with Crippen molar-refractivity contribution >= 4 is 0 Å². The van der Waals surface area contributed by atoms with Crippen LogP contribution in [-0.2, 0) is 9.47 Å². The fraction of sp³-hybridized carbons (Fsp3) is 1.00. The van der Waals surface area contributed by atoms with Crippen molar-refractivity contribution in [1.29, 1.82) is 0 Å². The normalized spacial score (nSPS) is 41.4. The Labute approximate surface area is 122 Å². The molecule has 0 aliphatic carbocycles. The molecule has 0 amide bonds. The van der Waals surface area contributed by atoms with Crippen molar-refractivity contribution in [2.75, 3.05) is 26.4 Å². The van der Waals surface area contributed by atoms with E-state index < -0.39 is 0 Å². The maximum atomic E-state index is 6.07. The molecule has 116 valence electrons. The van der Waals surface area contributed by atoms with Crippen molar-refractivity contribution in [3.05, 3.63) is 0 Å². The molecule has 0 N–H and O–H groups in total. The van der Waals surface area contributed by atoms with Crippen molar-refractivity contribution in [1.82, 2.24) is 20.0 Å². The van der Waals surface area contributed by atoms with Gasteiger partial charge in [0.2, 0.25) is 0 Å². The van der Waals surface area contributed by atoms with E-state index in [1.165, 1.54) is 0 Å². The van der Waals surface area contributed by atoms with Gasteiger partial charge in [-0.2, -0.15) is 10.0 Å². The van der Waals surface area contributed by atoms with Gasteiger partial charge in [-0.15, -0.1) is 0 Å². The van der Waals surface area contributed by atoms with Crippen molar-refractivity contribution in [2.24, 2.45) is 0 Å². The number of hydrogen-bond donors (Lipinski definition) is 0. The van der Waals surface area contributed by atoms with Crippen LogP contribution in [0, 0.1) is 0 Å². The molecule has 4 atom stereocenters. The summed E-state index contributed by atoms with van der Waals surface area (Å²) in [5, 5.41) is 9.64. The zero-order chi connectivity index (χ0) is 14.3. The van der Waals surface area contributed by atoms with Crippen LogP contribution in [0.4, 0.5) is 0 Å². The third-order valence-corrected chi connectivity index (χ3v) is 4.42. The number of hydrogen-bond acceptors (Lipinski definition) is 6. The molecule has 3 aliphatic rings. The van der Waals surface area contributed by atoms with Crippen LogP contribution in [0.3, 0.4) is 0 Å². The molecule has 0 spiro atoms. The number of rotatable bonds is 2. The lowest BCUT2D eigenvalue weighted by Crippen LogP contribution is -2.73. The SMILES string of the molecule is CCC1OC(C)CN2CN3C(CC)OC(C)CN3CN12. The predicted octanol–water partition coefficient (Wildman–Crippen LogP) is 1.26. The minimum atomic E-state index is 0.208. The van der Waals surface area contributed by atoms with Gasteiger partial charge in [0.05, 0.1) is 25.5 Å². The third kappa shape index (κ3) is 2.61. The van der Waals surface area contributed by atoms with Gasteiger partial charge in [0, 0.05) is 13.1 Å². The highest BCUT2D eigenvalue weighted by atomic mass is 16.5. The Balaban J connectivity index is 1.76. The largest absolute Gasteiger partial charge is 0.357 e. The van der Waals surface area contributed by atoms with Gasteiger partial charge in [0.25, 0.3) is 0 Å². The van der Waals surface area contributed by atoms with Crippen LogP contribution in [0.5, 0.6) is 0 Å². The zero-order valence-electron chi connectivity index (χ0n) is 13.2. The van der Waals surface area contributed by atoms with Crippen LogP contribution < -0.4 is 0 Å². The highest BCUT2D eigenvalue weighted by Crippen LogP contribution is 2.29. The molecule has 0 saturated carbocycles. The molecule has 4 unspecified atom stereocenters. The number of ether oxygens (including phenoxy) is 2. The van der Waals surface area contributed by atoms with Gasteiger partial charge in [-0.25, -0.2) is 10.0 Å². The molecule has 0 radical (unpaired) electrons. The zero-order valence-corrected chi connectivity index (χ0v) is 13.2. The van der Waals surface area contributed by atoms with Crippen LogP contribution in [-0.4, -0.2) is 71.1 Å². The first-order chi connectivity index (χ1) is 9.62. The van der Waals surface area contributed by atoms with E-state index in [2.05, 4.69) is 47.7 Å². The van der Waals surface area contributed by atoms with Crippen LogP contribution in [0.1, 0.15) is 40.5 Å². The standard InChI is InChI=1S/C14H28N4O2/c1-5-13-17-9-16-8-12(4)20-14(6-2)18(16)10-15(17)7-11(3)19-13/h11-14H,5-10H2,1-4H3. The van der Waals surface area contributed by atoms with E-state index in [-0.39, 0.29) is 12.5 Å². The summed E-state index contributed by atoms with van der Waals surface area (Å²) in [6.45, 7) is 12.5. The smallest absolute Gasteiger partial charge is 0.124 e. The van der Waals surface area contributed by atoms with Crippen molar-refractivity contribution < 1.29 is 9.47 Å². The first-order valence-corrected chi connectivity index (χ1v) is 7.96. The summed E-state index contributed by atoms with van der Waals surface area (Å²) in [6.07, 6.45) is 3.06. The average Bonchev–Trinajstić information content (AvgIpc) is 2.43. The van der Waals surface area contributed by atoms with Gasteiger partial charge in [-0.1, -0.05) is 13.8 Å². The summed E-state index contributed by atoms with van der Waals surface area (Å²) in [5.41, 5.74) is 0. The fourth-order valence-corrected chi connectivity index (χ4v) is 3.52. The van der Waals surface area contributed by atoms with Crippen molar-refractivity contribution in [3.8, 4) is 0 Å². The average molecular weight is 284 g/mol. The molecular weight excluding hydrogens is 256 g/mol. The molecule has 0 aromatic rings. The second-order valence-corrected chi connectivity index (χ2v) is 6.16. The van der Waals surface area contributed by atoms with Crippen LogP contribution >= 0.6 is 0 Å². The number of hydrazine groups is 2. The highest BCUT2D eigenvalue weighted by molar-refractivity contribution is 4.80. The van der Waals surface area contributed by atoms with Crippen LogP contribution in [0.25, 0.3) is 0 Å². The molecule has 3 heterocycles. The Morgan fingerprint density at radius 3 is 1.55 bits per heavy atom. The Kier molecular flexibility index (Phi) is 4.31. The number of nitrogens with zero attached hydrogens (tertiary/aromatic N) is 4. The summed E-state index contributed by atoms with van der Waals surface area (Å²) < 4.78 is 12.1. The van der Waals surface area contributed by atoms with E-state index in [1.807, 2.05) is 0 Å². The van der Waals surface area contributed by atoms with E-state index in [0.29, 0.717) is 12.2 Å². The lowest BCUT2D eigenvalue weighted by Gasteiger charge is -2.58. The molecule has 6 nitrogen and oxygen atoms in total. The van der Waals surface area contributed by atoms with Gasteiger partial charge < -0.3 is 9.47 Å². The van der Waals surface area contributed by atoms with E-state index in [9.17, 15) is 0 Å². The quantitative estimate of drug-likeness (QED) is 0.759. The van der Waals surface area contributed by atoms with Crippen LogP contribution in [0.2, 0.25) is 0 Å². The first-order valence-electron chi connectivity index (χ1n) is 7.96. The predicted molar refractivity (Wildman–Crippen MR) is 76.1 cm³/mol. The topological polar surface area (TPSA) is 31.4 Å². The van der Waals surface area contributed by atoms with Crippen molar-refractivity contribution in [3.63, 3.8) is 0 Å². The van der Waals surface area contributed by atoms with Gasteiger partial charge >= 0.3 is 0 Å². The van der Waals surface area contributed by atoms with E-state index in [4.69, 9.17) is 9.47 Å². The van der Waals surface area contributed by atoms with Gasteiger partial charge in [-0.3, -0.25) is 0 Å². The summed E-state index contributed by atoms with van der Waals surface area (Å²) >= 11 is 0. The van der Waals surface area contributed by atoms with E-state index in [1.54, 1.807) is 0 Å². The summed E-state index contributed by atoms with van der Waals surface area (Å²) in [4.78, 5) is 0. The molecule has 3 fully saturated rings. The molecule has 3 aliphatic heterocycles. The first kappa shape index (κ1) is 14.7. The minimum absolute atomic E-state index is 0.208. The second kappa shape index (κ2) is 5.87. The molecule has 0 aromatic heterocycles. The van der Waals surface area contributed by atoms with E-state index in [0.717, 1.165) is 39.3 Å². The Morgan fingerprint density at radius 2 is 1.20 bits per heavy atom. The Morgan fingerprint density at radius 1 is 0.800 bits per heavy atom. The summed E-state index contributed by atoms with van der Waals surface area (Å²) in [6, 6.07) is 0. The van der Waals surface area contributed by atoms with Gasteiger partial charge in [0.1, 0.15) is 12.5 Å². The lowest BCUT2D eigenvalue weighted by molar-refractivity contribution is -0.362. The van der Waals surface area contributed by atoms with Crippen molar-refractivity contribution in [2.45, 2.75) is 65.2 Å². The maximum absolute atomic E-state index is 6.07. The van der Waals surface area contributed by atoms with Crippen LogP contribution in [0.15, 0.2) is 0 Å². The molecule has 3 saturated heterocycles. The fourth-order valence-electron chi connectivity index (χ4n) is 3.52. The van der Waals surface area contributed by atoms with E-state index >= 15 is 0 Å². The molecule has 20 heavy (non-hydrogen) atoms. The molecule has 0 bridgehead atoms. The second-order valence-electron chi connectivity index (χ2n) is 6.16. The maximum Gasteiger partial charge on any atom is 0.124 e. The Bertz CT molecular complexity index is 311. The monoisotopic (exact) mass is 284 g/mol. The number of fused-ring (bicyclic) bond motifs is 2. The summed E-state index contributed by atoms with van der Waals surface area (Å²) in [7, 11) is 0. The molecule has 3 rings (SSSR count). The van der Waals surface area contributed by atoms with Gasteiger partial charge in [-0.05, 0) is 26.7 Å². The van der Waals surface area contributed by atoms with Gasteiger partial charge in [0.15, 0.2) is 0 Å². The molecule has 6 heteroatoms. The highest BCUT2D eigenvalue weighted by Gasteiger charge is 2.43. The Hall–Kier alpha value is -0.240.